The molecule has 0 atom stereocenters. The fraction of sp³-hybridized carbons (Fsp3) is 0.235. The third kappa shape index (κ3) is 3.06. The van der Waals surface area contributed by atoms with Crippen molar-refractivity contribution in [3.63, 3.8) is 0 Å². The van der Waals surface area contributed by atoms with E-state index < -0.39 is 0 Å². The average Bonchev–Trinajstić information content (AvgIpc) is 3.36. The highest BCUT2D eigenvalue weighted by atomic mass is 32.1. The van der Waals surface area contributed by atoms with Crippen molar-refractivity contribution in [3.8, 4) is 11.1 Å². The van der Waals surface area contributed by atoms with Crippen molar-refractivity contribution >= 4 is 29.8 Å². The summed E-state index contributed by atoms with van der Waals surface area (Å²) < 4.78 is 5.81. The summed E-state index contributed by atoms with van der Waals surface area (Å²) in [6.45, 7) is 8.00. The lowest BCUT2D eigenvalue weighted by molar-refractivity contribution is 0.714. The topological polar surface area (TPSA) is 81.6 Å². The Kier molecular flexibility index (Phi) is 4.36. The van der Waals surface area contributed by atoms with E-state index in [1.807, 2.05) is 32.2 Å². The number of nitrogens with one attached hydrogen (secondary N) is 1. The molecule has 0 spiro atoms. The molecule has 10 heteroatoms. The second-order valence-corrected chi connectivity index (χ2v) is 7.46. The van der Waals surface area contributed by atoms with E-state index >= 15 is 0 Å². The Morgan fingerprint density at radius 2 is 2.00 bits per heavy atom. The summed E-state index contributed by atoms with van der Waals surface area (Å²) in [5.41, 5.74) is 5.02. The predicted molar refractivity (Wildman–Crippen MR) is 108 cm³/mol. The van der Waals surface area contributed by atoms with Gasteiger partial charge in [0.05, 0.1) is 11.9 Å². The quantitative estimate of drug-likeness (QED) is 0.421. The highest BCUT2D eigenvalue weighted by molar-refractivity contribution is 7.71. The lowest BCUT2D eigenvalue weighted by Gasteiger charge is -2.04. The zero-order valence-electron chi connectivity index (χ0n) is 15.3. The Bertz CT molecular complexity index is 1190. The van der Waals surface area contributed by atoms with Gasteiger partial charge in [0.1, 0.15) is 0 Å². The van der Waals surface area contributed by atoms with Crippen molar-refractivity contribution in [2.75, 3.05) is 0 Å². The number of aromatic nitrogens is 7. The fourth-order valence-corrected chi connectivity index (χ4v) is 3.94. The molecule has 138 valence electrons. The molecule has 0 amide bonds. The van der Waals surface area contributed by atoms with Crippen LogP contribution >= 0.6 is 23.6 Å². The number of aromatic amines is 1. The maximum atomic E-state index is 5.34. The minimum atomic E-state index is 0.405. The zero-order valence-corrected chi connectivity index (χ0v) is 17.0. The van der Waals surface area contributed by atoms with Crippen LogP contribution in [0.15, 0.2) is 28.8 Å². The highest BCUT2D eigenvalue weighted by Crippen LogP contribution is 2.21. The van der Waals surface area contributed by atoms with Gasteiger partial charge in [0.2, 0.25) is 4.77 Å². The van der Waals surface area contributed by atoms with E-state index in [4.69, 9.17) is 12.2 Å². The number of hydrogen-bond donors (Lipinski definition) is 1. The first kappa shape index (κ1) is 17.6. The van der Waals surface area contributed by atoms with E-state index in [1.54, 1.807) is 33.1 Å². The lowest BCUT2D eigenvalue weighted by Crippen LogP contribution is -2.07. The molecule has 4 aromatic heterocycles. The van der Waals surface area contributed by atoms with Gasteiger partial charge in [-0.2, -0.15) is 14.9 Å². The molecule has 0 radical (unpaired) electrons. The smallest absolute Gasteiger partial charge is 0.271 e. The number of thiazole rings is 1. The lowest BCUT2D eigenvalue weighted by atomic mass is 10.3. The molecule has 0 saturated heterocycles. The van der Waals surface area contributed by atoms with Gasteiger partial charge in [-0.1, -0.05) is 0 Å². The number of aryl methyl sites for hydroxylation is 3. The SMILES string of the molecule is Cc1cc(C)n(-c2n[nH]c(=S)n2/N=C\c2cc(C)n(-c3nccs3)c2C)n1. The van der Waals surface area contributed by atoms with Gasteiger partial charge in [0.15, 0.2) is 5.13 Å². The van der Waals surface area contributed by atoms with Gasteiger partial charge >= 0.3 is 0 Å². The molecule has 27 heavy (non-hydrogen) atoms. The molecule has 1 N–H and O–H groups in total. The van der Waals surface area contributed by atoms with Crippen molar-refractivity contribution < 1.29 is 0 Å². The molecule has 0 aliphatic heterocycles. The normalized spacial score (nSPS) is 11.7. The minimum absolute atomic E-state index is 0.405. The molecule has 4 rings (SSSR count). The number of H-pyrrole nitrogens is 1. The van der Waals surface area contributed by atoms with Crippen LogP contribution in [0.3, 0.4) is 0 Å². The van der Waals surface area contributed by atoms with E-state index in [0.29, 0.717) is 10.7 Å². The molecule has 0 fully saturated rings. The summed E-state index contributed by atoms with van der Waals surface area (Å²) in [4.78, 5) is 4.40. The predicted octanol–water partition coefficient (Wildman–Crippen LogP) is 3.49. The van der Waals surface area contributed by atoms with E-state index in [0.717, 1.165) is 33.5 Å². The molecule has 8 nitrogen and oxygen atoms in total. The molecular formula is C17H18N8S2. The summed E-state index contributed by atoms with van der Waals surface area (Å²) in [5.74, 6) is 0.524. The molecule has 0 saturated carbocycles. The van der Waals surface area contributed by atoms with Crippen molar-refractivity contribution in [1.82, 2.24) is 34.2 Å². The van der Waals surface area contributed by atoms with E-state index in [-0.39, 0.29) is 0 Å². The standard InChI is InChI=1S/C17H18N8S2/c1-10-7-12(3)24(22-10)15-20-21-16(26)25(15)19-9-14-8-11(2)23(13(14)4)17-18-5-6-27-17/h5-9H,1-4H3,(H,21,26)/b19-9-. The molecular weight excluding hydrogens is 380 g/mol. The first-order valence-electron chi connectivity index (χ1n) is 8.30. The Balaban J connectivity index is 1.75. The van der Waals surface area contributed by atoms with Gasteiger partial charge in [0, 0.05) is 34.2 Å². The van der Waals surface area contributed by atoms with Gasteiger partial charge in [0.25, 0.3) is 5.95 Å². The Labute approximate surface area is 164 Å². The number of hydrogen-bond acceptors (Lipinski definition) is 6. The molecule has 0 aromatic carbocycles. The van der Waals surface area contributed by atoms with Crippen molar-refractivity contribution in [1.29, 1.82) is 0 Å². The Hall–Kier alpha value is -2.85. The largest absolute Gasteiger partial charge is 0.294 e. The van der Waals surface area contributed by atoms with Crippen LogP contribution in [0, 0.1) is 32.5 Å². The summed E-state index contributed by atoms with van der Waals surface area (Å²) in [7, 11) is 0. The second kappa shape index (κ2) is 6.71. The third-order valence-electron chi connectivity index (χ3n) is 4.23. The van der Waals surface area contributed by atoms with Crippen LogP contribution in [0.4, 0.5) is 0 Å². The fourth-order valence-electron chi connectivity index (χ4n) is 3.01. The second-order valence-electron chi connectivity index (χ2n) is 6.20. The van der Waals surface area contributed by atoms with Crippen LogP contribution in [-0.2, 0) is 0 Å². The molecule has 0 aliphatic carbocycles. The van der Waals surface area contributed by atoms with Crippen LogP contribution in [0.1, 0.15) is 28.3 Å². The summed E-state index contributed by atoms with van der Waals surface area (Å²) in [6, 6.07) is 4.06. The first-order valence-corrected chi connectivity index (χ1v) is 9.58. The number of rotatable bonds is 4. The molecule has 4 heterocycles. The van der Waals surface area contributed by atoms with E-state index in [2.05, 4.69) is 42.9 Å². The van der Waals surface area contributed by atoms with E-state index in [1.165, 1.54) is 0 Å². The van der Waals surface area contributed by atoms with Crippen LogP contribution in [0.5, 0.6) is 0 Å². The van der Waals surface area contributed by atoms with Crippen LogP contribution in [0.2, 0.25) is 0 Å². The van der Waals surface area contributed by atoms with Crippen molar-refractivity contribution in [3.05, 3.63) is 56.8 Å². The molecule has 0 unspecified atom stereocenters. The first-order chi connectivity index (χ1) is 13.0. The molecule has 0 bridgehead atoms. The van der Waals surface area contributed by atoms with E-state index in [9.17, 15) is 0 Å². The van der Waals surface area contributed by atoms with Gasteiger partial charge in [-0.25, -0.2) is 14.8 Å². The molecule has 0 aliphatic rings. The Morgan fingerprint density at radius 1 is 1.19 bits per heavy atom. The molecule has 4 aromatic rings. The summed E-state index contributed by atoms with van der Waals surface area (Å²) in [6.07, 6.45) is 3.59. The summed E-state index contributed by atoms with van der Waals surface area (Å²) >= 11 is 6.94. The monoisotopic (exact) mass is 398 g/mol. The summed E-state index contributed by atoms with van der Waals surface area (Å²) in [5, 5.41) is 19.0. The highest BCUT2D eigenvalue weighted by Gasteiger charge is 2.13. The van der Waals surface area contributed by atoms with Crippen LogP contribution in [0.25, 0.3) is 11.1 Å². The zero-order chi connectivity index (χ0) is 19.1. The van der Waals surface area contributed by atoms with Crippen LogP contribution < -0.4 is 0 Å². The maximum absolute atomic E-state index is 5.34. The third-order valence-corrected chi connectivity index (χ3v) is 5.25. The van der Waals surface area contributed by atoms with Gasteiger partial charge in [-0.15, -0.1) is 16.4 Å². The van der Waals surface area contributed by atoms with Crippen molar-refractivity contribution in [2.24, 2.45) is 5.10 Å². The van der Waals surface area contributed by atoms with Crippen LogP contribution in [-0.4, -0.2) is 40.4 Å². The van der Waals surface area contributed by atoms with Gasteiger partial charge in [-0.3, -0.25) is 4.57 Å². The Morgan fingerprint density at radius 3 is 2.67 bits per heavy atom. The number of nitrogens with zero attached hydrogens (tertiary/aromatic N) is 7. The minimum Gasteiger partial charge on any atom is -0.294 e. The maximum Gasteiger partial charge on any atom is 0.271 e. The van der Waals surface area contributed by atoms with Gasteiger partial charge in [-0.05, 0) is 52.0 Å². The van der Waals surface area contributed by atoms with Crippen molar-refractivity contribution in [2.45, 2.75) is 27.7 Å². The van der Waals surface area contributed by atoms with Gasteiger partial charge < -0.3 is 0 Å². The average molecular weight is 399 g/mol.